The molecule has 1 heterocycles. The van der Waals surface area contributed by atoms with Crippen LogP contribution in [0.4, 0.5) is 8.78 Å². The monoisotopic (exact) mass is 231 g/mol. The number of benzene rings is 1. The Morgan fingerprint density at radius 1 is 1.40 bits per heavy atom. The van der Waals surface area contributed by atoms with Crippen LogP contribution in [-0.2, 0) is 5.60 Å². The average molecular weight is 231 g/mol. The summed E-state index contributed by atoms with van der Waals surface area (Å²) in [6.45, 7) is 0.964. The Labute approximate surface area is 90.7 Å². The minimum Gasteiger partial charge on any atom is -0.382 e. The summed E-state index contributed by atoms with van der Waals surface area (Å²) in [4.78, 5) is 0.489. The van der Waals surface area contributed by atoms with E-state index in [9.17, 15) is 13.9 Å². The van der Waals surface area contributed by atoms with Gasteiger partial charge >= 0.3 is 0 Å². The third-order valence-electron chi connectivity index (χ3n) is 2.43. The van der Waals surface area contributed by atoms with E-state index in [4.69, 9.17) is 0 Å². The fourth-order valence-electron chi connectivity index (χ4n) is 1.53. The molecule has 0 atom stereocenters. The van der Waals surface area contributed by atoms with Crippen molar-refractivity contribution in [2.45, 2.75) is 16.3 Å². The predicted molar refractivity (Wildman–Crippen MR) is 55.1 cm³/mol. The summed E-state index contributed by atoms with van der Waals surface area (Å²) in [5, 5.41) is 12.9. The quantitative estimate of drug-likeness (QED) is 0.778. The second kappa shape index (κ2) is 4.08. The molecule has 0 bridgehead atoms. The van der Waals surface area contributed by atoms with Crippen molar-refractivity contribution >= 4 is 11.8 Å². The summed E-state index contributed by atoms with van der Waals surface area (Å²) in [5.41, 5.74) is -0.175. The number of nitrogens with one attached hydrogen (secondary N) is 1. The normalized spacial score (nSPS) is 18.9. The number of aliphatic hydroxyl groups is 1. The van der Waals surface area contributed by atoms with Crippen LogP contribution in [0, 0.1) is 0 Å². The highest BCUT2D eigenvalue weighted by Crippen LogP contribution is 2.31. The van der Waals surface area contributed by atoms with Crippen molar-refractivity contribution in [2.24, 2.45) is 0 Å². The first kappa shape index (κ1) is 10.9. The zero-order valence-corrected chi connectivity index (χ0v) is 8.73. The Kier molecular flexibility index (Phi) is 2.95. The van der Waals surface area contributed by atoms with Crippen LogP contribution in [-0.4, -0.2) is 24.0 Å². The largest absolute Gasteiger partial charge is 0.382 e. The molecule has 1 fully saturated rings. The lowest BCUT2D eigenvalue weighted by atomic mass is 9.88. The molecule has 15 heavy (non-hydrogen) atoms. The average Bonchev–Trinajstić information content (AvgIpc) is 2.13. The molecule has 0 aromatic heterocycles. The van der Waals surface area contributed by atoms with Crippen LogP contribution in [0.2, 0.25) is 0 Å². The van der Waals surface area contributed by atoms with E-state index >= 15 is 0 Å². The molecule has 82 valence electrons. The van der Waals surface area contributed by atoms with Gasteiger partial charge in [0.25, 0.3) is 5.76 Å². The zero-order valence-electron chi connectivity index (χ0n) is 7.91. The van der Waals surface area contributed by atoms with Gasteiger partial charge in [0.15, 0.2) is 0 Å². The summed E-state index contributed by atoms with van der Waals surface area (Å²) >= 11 is 0.498. The highest BCUT2D eigenvalue weighted by molar-refractivity contribution is 7.99. The van der Waals surface area contributed by atoms with Crippen molar-refractivity contribution < 1.29 is 13.9 Å². The van der Waals surface area contributed by atoms with Crippen molar-refractivity contribution in [2.75, 3.05) is 13.1 Å². The Hall–Kier alpha value is -0.650. The van der Waals surface area contributed by atoms with Crippen molar-refractivity contribution in [1.82, 2.24) is 5.32 Å². The van der Waals surface area contributed by atoms with E-state index in [-0.39, 0.29) is 0 Å². The number of hydrogen-bond acceptors (Lipinski definition) is 3. The van der Waals surface area contributed by atoms with Gasteiger partial charge in [-0.1, -0.05) is 23.9 Å². The first-order chi connectivity index (χ1) is 7.10. The predicted octanol–water partition coefficient (Wildman–Crippen LogP) is 1.79. The van der Waals surface area contributed by atoms with Crippen LogP contribution < -0.4 is 5.32 Å². The van der Waals surface area contributed by atoms with E-state index in [2.05, 4.69) is 5.32 Å². The summed E-state index contributed by atoms with van der Waals surface area (Å²) in [6, 6.07) is 6.69. The van der Waals surface area contributed by atoms with Gasteiger partial charge in [-0.15, -0.1) is 0 Å². The molecular formula is C10H11F2NOS. The third-order valence-corrected chi connectivity index (χ3v) is 3.14. The van der Waals surface area contributed by atoms with Gasteiger partial charge in [0.05, 0.1) is 0 Å². The summed E-state index contributed by atoms with van der Waals surface area (Å²) < 4.78 is 24.3. The van der Waals surface area contributed by atoms with Gasteiger partial charge in [-0.3, -0.25) is 0 Å². The molecule has 1 aliphatic rings. The number of hydrogen-bond donors (Lipinski definition) is 2. The van der Waals surface area contributed by atoms with Crippen molar-refractivity contribution in [3.63, 3.8) is 0 Å². The molecule has 0 unspecified atom stereocenters. The molecule has 0 aliphatic carbocycles. The fraction of sp³-hybridized carbons (Fsp3) is 0.400. The number of alkyl halides is 2. The lowest BCUT2D eigenvalue weighted by Crippen LogP contribution is -2.56. The summed E-state index contributed by atoms with van der Waals surface area (Å²) in [7, 11) is 0. The Balaban J connectivity index is 2.19. The van der Waals surface area contributed by atoms with Crippen LogP contribution in [0.15, 0.2) is 29.2 Å². The zero-order chi connectivity index (χ0) is 10.9. The van der Waals surface area contributed by atoms with Gasteiger partial charge in [-0.2, -0.15) is 8.78 Å². The van der Waals surface area contributed by atoms with Crippen LogP contribution >= 0.6 is 11.8 Å². The molecule has 5 heteroatoms. The first-order valence-corrected chi connectivity index (χ1v) is 5.47. The topological polar surface area (TPSA) is 32.3 Å². The third kappa shape index (κ3) is 2.30. The molecule has 2 N–H and O–H groups in total. The fourth-order valence-corrected chi connectivity index (χ4v) is 2.09. The molecule has 1 aromatic rings. The Morgan fingerprint density at radius 3 is 2.67 bits per heavy atom. The first-order valence-electron chi connectivity index (χ1n) is 4.59. The maximum absolute atomic E-state index is 12.1. The standard InChI is InChI=1S/C10H11F2NOS/c11-9(12)15-8-3-1-2-7(4-8)10(14)5-13-6-10/h1-4,9,13-14H,5-6H2. The van der Waals surface area contributed by atoms with E-state index in [0.717, 1.165) is 0 Å². The summed E-state index contributed by atoms with van der Waals surface area (Å²) in [6.07, 6.45) is 0. The van der Waals surface area contributed by atoms with E-state index in [1.807, 2.05) is 0 Å². The molecule has 2 rings (SSSR count). The number of rotatable bonds is 3. The van der Waals surface area contributed by atoms with Crippen LogP contribution in [0.1, 0.15) is 5.56 Å². The number of β-amino-alcohol motifs (C(OH)–C–C–N with tert-alkyl or cyclic N) is 1. The van der Waals surface area contributed by atoms with Gasteiger partial charge in [-0.05, 0) is 17.7 Å². The second-order valence-corrected chi connectivity index (χ2v) is 4.60. The molecular weight excluding hydrogens is 220 g/mol. The van der Waals surface area contributed by atoms with Gasteiger partial charge in [-0.25, -0.2) is 0 Å². The van der Waals surface area contributed by atoms with E-state index in [1.54, 1.807) is 24.3 Å². The van der Waals surface area contributed by atoms with E-state index < -0.39 is 11.4 Å². The molecule has 1 aromatic carbocycles. The molecule has 0 amide bonds. The maximum Gasteiger partial charge on any atom is 0.288 e. The molecule has 1 aliphatic heterocycles. The highest BCUT2D eigenvalue weighted by atomic mass is 32.2. The summed E-state index contributed by atoms with van der Waals surface area (Å²) in [5.74, 6) is -2.42. The minimum atomic E-state index is -2.42. The highest BCUT2D eigenvalue weighted by Gasteiger charge is 2.36. The van der Waals surface area contributed by atoms with E-state index in [1.165, 1.54) is 0 Å². The van der Waals surface area contributed by atoms with Crippen molar-refractivity contribution in [1.29, 1.82) is 0 Å². The number of thioether (sulfide) groups is 1. The Morgan fingerprint density at radius 2 is 2.13 bits per heavy atom. The molecule has 1 saturated heterocycles. The molecule has 2 nitrogen and oxygen atoms in total. The van der Waals surface area contributed by atoms with Gasteiger partial charge in [0.1, 0.15) is 5.60 Å². The van der Waals surface area contributed by atoms with Gasteiger partial charge in [0.2, 0.25) is 0 Å². The van der Waals surface area contributed by atoms with Crippen molar-refractivity contribution in [3.05, 3.63) is 29.8 Å². The van der Waals surface area contributed by atoms with Crippen LogP contribution in [0.5, 0.6) is 0 Å². The minimum absolute atomic E-state index is 0.482. The van der Waals surface area contributed by atoms with Crippen molar-refractivity contribution in [3.8, 4) is 0 Å². The SMILES string of the molecule is OC1(c2cccc(SC(F)F)c2)CNC1. The molecule has 0 spiro atoms. The maximum atomic E-state index is 12.1. The van der Waals surface area contributed by atoms with Gasteiger partial charge < -0.3 is 10.4 Å². The van der Waals surface area contributed by atoms with Gasteiger partial charge in [0, 0.05) is 18.0 Å². The smallest absolute Gasteiger partial charge is 0.288 e. The van der Waals surface area contributed by atoms with E-state index in [0.29, 0.717) is 35.3 Å². The van der Waals surface area contributed by atoms with Crippen LogP contribution in [0.25, 0.3) is 0 Å². The number of halogens is 2. The lowest BCUT2D eigenvalue weighted by Gasteiger charge is -2.38. The molecule has 0 saturated carbocycles. The van der Waals surface area contributed by atoms with Crippen LogP contribution in [0.3, 0.4) is 0 Å². The second-order valence-electron chi connectivity index (χ2n) is 3.54. The lowest BCUT2D eigenvalue weighted by molar-refractivity contribution is -0.0148. The Bertz CT molecular complexity index is 355. The molecule has 0 radical (unpaired) electrons.